The van der Waals surface area contributed by atoms with Gasteiger partial charge in [-0.15, -0.1) is 0 Å². The van der Waals surface area contributed by atoms with Crippen molar-refractivity contribution in [3.63, 3.8) is 0 Å². The van der Waals surface area contributed by atoms with E-state index in [0.717, 1.165) is 18.2 Å². The topological polar surface area (TPSA) is 52.9 Å². The van der Waals surface area contributed by atoms with Crippen molar-refractivity contribution in [3.05, 3.63) is 29.6 Å². The average Bonchev–Trinajstić information content (AvgIpc) is 2.17. The Kier molecular flexibility index (Phi) is 3.68. The van der Waals surface area contributed by atoms with Gasteiger partial charge >= 0.3 is 6.18 Å². The third-order valence-corrected chi connectivity index (χ3v) is 1.74. The molecule has 0 heterocycles. The van der Waals surface area contributed by atoms with E-state index in [1.807, 2.05) is 5.32 Å². The minimum Gasteiger partial charge on any atom is -0.325 e. The number of anilines is 1. The summed E-state index contributed by atoms with van der Waals surface area (Å²) in [4.78, 5) is 10.9. The van der Waals surface area contributed by atoms with Crippen LogP contribution in [0.15, 0.2) is 18.2 Å². The number of nitrogens with zero attached hydrogens (tertiary/aromatic N) is 1. The summed E-state index contributed by atoms with van der Waals surface area (Å²) in [5, 5.41) is 10.5. The Morgan fingerprint density at radius 2 is 2.06 bits per heavy atom. The van der Waals surface area contributed by atoms with Crippen molar-refractivity contribution in [2.45, 2.75) is 12.6 Å². The van der Waals surface area contributed by atoms with Crippen molar-refractivity contribution in [3.8, 4) is 6.07 Å². The SMILES string of the molecule is N#Cc1cc(F)ccc1NC(=O)CC(F)(F)F. The zero-order chi connectivity index (χ0) is 13.1. The molecule has 0 saturated heterocycles. The lowest BCUT2D eigenvalue weighted by molar-refractivity contribution is -0.150. The van der Waals surface area contributed by atoms with E-state index < -0.39 is 24.3 Å². The van der Waals surface area contributed by atoms with Crippen molar-refractivity contribution in [2.24, 2.45) is 0 Å². The highest BCUT2D eigenvalue weighted by Crippen LogP contribution is 2.21. The van der Waals surface area contributed by atoms with Crippen LogP contribution in [-0.2, 0) is 4.79 Å². The first kappa shape index (κ1) is 13.0. The molecule has 17 heavy (non-hydrogen) atoms. The Morgan fingerprint density at radius 3 is 2.59 bits per heavy atom. The van der Waals surface area contributed by atoms with Crippen molar-refractivity contribution in [1.82, 2.24) is 0 Å². The second-order valence-corrected chi connectivity index (χ2v) is 3.14. The molecule has 0 aliphatic rings. The Balaban J connectivity index is 2.83. The molecule has 1 N–H and O–H groups in total. The zero-order valence-corrected chi connectivity index (χ0v) is 8.31. The van der Waals surface area contributed by atoms with Crippen LogP contribution in [0.25, 0.3) is 0 Å². The van der Waals surface area contributed by atoms with Gasteiger partial charge in [0.1, 0.15) is 18.3 Å². The number of hydrogen-bond donors (Lipinski definition) is 1. The molecule has 0 bridgehead atoms. The monoisotopic (exact) mass is 246 g/mol. The van der Waals surface area contributed by atoms with Gasteiger partial charge in [0.15, 0.2) is 0 Å². The van der Waals surface area contributed by atoms with Gasteiger partial charge in [0.25, 0.3) is 0 Å². The van der Waals surface area contributed by atoms with Gasteiger partial charge in [-0.1, -0.05) is 0 Å². The summed E-state index contributed by atoms with van der Waals surface area (Å²) in [6, 6.07) is 4.36. The number of amides is 1. The number of alkyl halides is 3. The standard InChI is InChI=1S/C10H6F4N2O/c11-7-1-2-8(6(3-7)5-15)16-9(17)4-10(12,13)14/h1-3H,4H2,(H,16,17). The molecule has 0 saturated carbocycles. The number of carbonyl (C=O) groups is 1. The van der Waals surface area contributed by atoms with Crippen LogP contribution >= 0.6 is 0 Å². The van der Waals surface area contributed by atoms with Gasteiger partial charge in [-0.05, 0) is 18.2 Å². The van der Waals surface area contributed by atoms with E-state index >= 15 is 0 Å². The third kappa shape index (κ3) is 4.10. The largest absolute Gasteiger partial charge is 0.397 e. The van der Waals surface area contributed by atoms with Crippen LogP contribution in [0, 0.1) is 17.1 Å². The van der Waals surface area contributed by atoms with E-state index in [2.05, 4.69) is 0 Å². The number of carbonyl (C=O) groups excluding carboxylic acids is 1. The molecule has 0 unspecified atom stereocenters. The van der Waals surface area contributed by atoms with Crippen molar-refractivity contribution in [2.75, 3.05) is 5.32 Å². The van der Waals surface area contributed by atoms with E-state index in [4.69, 9.17) is 5.26 Å². The van der Waals surface area contributed by atoms with E-state index in [0.29, 0.717) is 0 Å². The van der Waals surface area contributed by atoms with E-state index in [-0.39, 0.29) is 11.3 Å². The second kappa shape index (κ2) is 4.82. The first-order valence-corrected chi connectivity index (χ1v) is 4.38. The first-order chi connectivity index (χ1) is 7.81. The van der Waals surface area contributed by atoms with Gasteiger partial charge in [0.05, 0.1) is 11.3 Å². The molecule has 0 atom stereocenters. The lowest BCUT2D eigenvalue weighted by Gasteiger charge is -2.08. The number of halogens is 4. The molecule has 0 aliphatic carbocycles. The number of hydrogen-bond acceptors (Lipinski definition) is 2. The minimum absolute atomic E-state index is 0.150. The molecule has 0 aliphatic heterocycles. The van der Waals surface area contributed by atoms with Crippen molar-refractivity contribution < 1.29 is 22.4 Å². The molecule has 0 aromatic heterocycles. The summed E-state index contributed by atoms with van der Waals surface area (Å²) in [6.45, 7) is 0. The molecule has 0 spiro atoms. The van der Waals surface area contributed by atoms with E-state index in [9.17, 15) is 22.4 Å². The van der Waals surface area contributed by atoms with Gasteiger partial charge < -0.3 is 5.32 Å². The maximum Gasteiger partial charge on any atom is 0.397 e. The fraction of sp³-hybridized carbons (Fsp3) is 0.200. The van der Waals surface area contributed by atoms with Gasteiger partial charge in [-0.25, -0.2) is 4.39 Å². The highest BCUT2D eigenvalue weighted by Gasteiger charge is 2.31. The van der Waals surface area contributed by atoms with Gasteiger partial charge in [0, 0.05) is 0 Å². The number of nitrogens with one attached hydrogen (secondary N) is 1. The molecule has 3 nitrogen and oxygen atoms in total. The van der Waals surface area contributed by atoms with E-state index in [1.165, 1.54) is 0 Å². The Labute approximate surface area is 93.7 Å². The summed E-state index contributed by atoms with van der Waals surface area (Å²) < 4.78 is 48.3. The predicted octanol–water partition coefficient (Wildman–Crippen LogP) is 2.59. The summed E-state index contributed by atoms with van der Waals surface area (Å²) in [5.41, 5.74) is -0.385. The van der Waals surface area contributed by atoms with Crippen LogP contribution < -0.4 is 5.32 Å². The quantitative estimate of drug-likeness (QED) is 0.815. The lowest BCUT2D eigenvalue weighted by Crippen LogP contribution is -2.21. The maximum absolute atomic E-state index is 12.7. The minimum atomic E-state index is -4.63. The summed E-state index contributed by atoms with van der Waals surface area (Å²) in [7, 11) is 0. The van der Waals surface area contributed by atoms with Crippen molar-refractivity contribution in [1.29, 1.82) is 5.26 Å². The Bertz CT molecular complexity index is 476. The van der Waals surface area contributed by atoms with Crippen LogP contribution in [-0.4, -0.2) is 12.1 Å². The molecule has 7 heteroatoms. The van der Waals surface area contributed by atoms with Crippen LogP contribution in [0.1, 0.15) is 12.0 Å². The molecular formula is C10H6F4N2O. The Hall–Kier alpha value is -2.10. The van der Waals surface area contributed by atoms with E-state index in [1.54, 1.807) is 6.07 Å². The van der Waals surface area contributed by atoms with Gasteiger partial charge in [-0.2, -0.15) is 18.4 Å². The average molecular weight is 246 g/mol. The first-order valence-electron chi connectivity index (χ1n) is 4.38. The summed E-state index contributed by atoms with van der Waals surface area (Å²) in [5.74, 6) is -2.02. The van der Waals surface area contributed by atoms with Crippen molar-refractivity contribution >= 4 is 11.6 Å². The third-order valence-electron chi connectivity index (χ3n) is 1.74. The highest BCUT2D eigenvalue weighted by atomic mass is 19.4. The van der Waals surface area contributed by atoms with Crippen LogP contribution in [0.3, 0.4) is 0 Å². The highest BCUT2D eigenvalue weighted by molar-refractivity contribution is 5.92. The summed E-state index contributed by atoms with van der Waals surface area (Å²) >= 11 is 0. The fourth-order valence-electron chi connectivity index (χ4n) is 1.09. The molecule has 1 rings (SSSR count). The molecule has 1 aromatic rings. The van der Waals surface area contributed by atoms with Gasteiger partial charge in [0.2, 0.25) is 5.91 Å². The molecule has 0 fully saturated rings. The van der Waals surface area contributed by atoms with Crippen LogP contribution in [0.5, 0.6) is 0 Å². The van der Waals surface area contributed by atoms with Crippen LogP contribution in [0.4, 0.5) is 23.2 Å². The lowest BCUT2D eigenvalue weighted by atomic mass is 10.2. The normalized spacial score (nSPS) is 10.8. The number of nitriles is 1. The molecule has 1 aromatic carbocycles. The smallest absolute Gasteiger partial charge is 0.325 e. The predicted molar refractivity (Wildman–Crippen MR) is 50.4 cm³/mol. The second-order valence-electron chi connectivity index (χ2n) is 3.14. The fourth-order valence-corrected chi connectivity index (χ4v) is 1.09. The number of benzene rings is 1. The molecule has 0 radical (unpaired) electrons. The Morgan fingerprint density at radius 1 is 1.41 bits per heavy atom. The molecule has 90 valence electrons. The zero-order valence-electron chi connectivity index (χ0n) is 8.31. The summed E-state index contributed by atoms with van der Waals surface area (Å²) in [6.07, 6.45) is -6.29. The van der Waals surface area contributed by atoms with Gasteiger partial charge in [-0.3, -0.25) is 4.79 Å². The number of rotatable bonds is 2. The molecular weight excluding hydrogens is 240 g/mol. The maximum atomic E-state index is 12.7. The molecule has 1 amide bonds. The van der Waals surface area contributed by atoms with Crippen LogP contribution in [0.2, 0.25) is 0 Å².